The van der Waals surface area contributed by atoms with Gasteiger partial charge < -0.3 is 0 Å². The van der Waals surface area contributed by atoms with Crippen molar-refractivity contribution in [2.45, 2.75) is 38.5 Å². The third-order valence-electron chi connectivity index (χ3n) is 10.1. The minimum atomic E-state index is -0.470. The van der Waals surface area contributed by atoms with Crippen molar-refractivity contribution < 1.29 is 19.2 Å². The molecule has 2 aromatic heterocycles. The molecule has 0 N–H and O–H groups in total. The van der Waals surface area contributed by atoms with Crippen molar-refractivity contribution in [3.05, 3.63) is 123 Å². The number of thiophene rings is 2. The Balaban J connectivity index is 1.17. The van der Waals surface area contributed by atoms with Gasteiger partial charge >= 0.3 is 0 Å². The highest BCUT2D eigenvalue weighted by atomic mass is 32.1. The molecule has 2 aromatic carbocycles. The Morgan fingerprint density at radius 3 is 1.04 bits per heavy atom. The molecule has 0 bridgehead atoms. The third-order valence-corrected chi connectivity index (χ3v) is 12.3. The van der Waals surface area contributed by atoms with Crippen molar-refractivity contribution >= 4 is 69.1 Å². The van der Waals surface area contributed by atoms with Crippen LogP contribution in [0.2, 0.25) is 0 Å². The van der Waals surface area contributed by atoms with Gasteiger partial charge in [-0.15, -0.1) is 22.7 Å². The van der Waals surface area contributed by atoms with E-state index in [4.69, 9.17) is 0 Å². The molecule has 4 aliphatic carbocycles. The zero-order valence-electron chi connectivity index (χ0n) is 26.9. The molecule has 50 heavy (non-hydrogen) atoms. The average Bonchev–Trinajstić information content (AvgIpc) is 3.89. The molecule has 8 rings (SSSR count). The molecule has 0 spiro atoms. The van der Waals surface area contributed by atoms with E-state index in [9.17, 15) is 40.2 Å². The fourth-order valence-electron chi connectivity index (χ4n) is 7.61. The number of ketones is 4. The summed E-state index contributed by atoms with van der Waals surface area (Å²) < 4.78 is 0. The molecule has 0 aliphatic heterocycles. The first-order valence-electron chi connectivity index (χ1n) is 15.4. The van der Waals surface area contributed by atoms with Crippen LogP contribution in [0.4, 0.5) is 0 Å². The van der Waals surface area contributed by atoms with Crippen molar-refractivity contribution in [2.24, 2.45) is 0 Å². The summed E-state index contributed by atoms with van der Waals surface area (Å²) in [5.41, 5.74) is 4.28. The molecule has 4 aliphatic rings. The molecule has 0 radical (unpaired) electrons. The van der Waals surface area contributed by atoms with Crippen LogP contribution in [0.5, 0.6) is 0 Å². The van der Waals surface area contributed by atoms with E-state index in [1.807, 2.05) is 36.4 Å². The number of allylic oxidation sites excluding steroid dienone is 4. The van der Waals surface area contributed by atoms with Gasteiger partial charge in [0, 0.05) is 52.6 Å². The highest BCUT2D eigenvalue weighted by Gasteiger charge is 2.52. The van der Waals surface area contributed by atoms with Crippen LogP contribution in [-0.2, 0) is 10.8 Å². The molecule has 0 amide bonds. The lowest BCUT2D eigenvalue weighted by Crippen LogP contribution is -2.16. The van der Waals surface area contributed by atoms with Gasteiger partial charge in [-0.05, 0) is 70.8 Å². The number of nitriles is 4. The first kappa shape index (κ1) is 31.0. The average molecular weight is 685 g/mol. The van der Waals surface area contributed by atoms with E-state index in [1.165, 1.54) is 46.9 Å². The van der Waals surface area contributed by atoms with Crippen LogP contribution < -0.4 is 0 Å². The molecule has 2 heterocycles. The van der Waals surface area contributed by atoms with Crippen LogP contribution in [0.3, 0.4) is 0 Å². The maximum absolute atomic E-state index is 13.3. The van der Waals surface area contributed by atoms with Gasteiger partial charge in [0.05, 0.1) is 33.4 Å². The molecule has 0 fully saturated rings. The van der Waals surface area contributed by atoms with Crippen molar-refractivity contribution in [2.75, 3.05) is 0 Å². The van der Waals surface area contributed by atoms with E-state index in [2.05, 4.69) is 27.7 Å². The Morgan fingerprint density at radius 2 is 0.780 bits per heavy atom. The zero-order valence-corrected chi connectivity index (χ0v) is 28.5. The number of hydrogen-bond acceptors (Lipinski definition) is 10. The smallest absolute Gasteiger partial charge is 0.197 e. The number of nitrogens with zero attached hydrogens (tertiary/aromatic N) is 4. The summed E-state index contributed by atoms with van der Waals surface area (Å²) in [6, 6.07) is 17.0. The Kier molecular flexibility index (Phi) is 6.27. The zero-order chi connectivity index (χ0) is 35.6. The lowest BCUT2D eigenvalue weighted by atomic mass is 9.80. The van der Waals surface area contributed by atoms with E-state index in [0.717, 1.165) is 41.8 Å². The lowest BCUT2D eigenvalue weighted by Gasteiger charge is -2.23. The van der Waals surface area contributed by atoms with Crippen molar-refractivity contribution in [1.82, 2.24) is 0 Å². The monoisotopic (exact) mass is 684 g/mol. The van der Waals surface area contributed by atoms with Crippen molar-refractivity contribution in [3.8, 4) is 24.3 Å². The molecule has 4 aromatic rings. The Labute approximate surface area is 293 Å². The predicted molar refractivity (Wildman–Crippen MR) is 187 cm³/mol. The number of benzene rings is 2. The standard InChI is InChI=1S/C40H20N4O4S2/c1-39(2)29-11-21(9-27-33(45)23-5-17(13-41)18(14-42)6-24(23)34(27)46)49-37(29)32-31(39)38-30(40(32,3)4)12-22(50-38)10-28-35(47)25-7-19(15-43)20(16-44)8-26(25)36(28)48/h5-12H,1-4H3. The van der Waals surface area contributed by atoms with Gasteiger partial charge in [0.15, 0.2) is 23.1 Å². The first-order chi connectivity index (χ1) is 23.8. The van der Waals surface area contributed by atoms with Gasteiger partial charge in [0.1, 0.15) is 24.3 Å². The molecule has 0 atom stereocenters. The van der Waals surface area contributed by atoms with E-state index in [-0.39, 0.29) is 55.7 Å². The van der Waals surface area contributed by atoms with Crippen LogP contribution in [0.1, 0.15) is 122 Å². The van der Waals surface area contributed by atoms with Crippen LogP contribution in [0, 0.1) is 45.3 Å². The number of hydrogen-bond donors (Lipinski definition) is 0. The second-order valence-corrected chi connectivity index (χ2v) is 15.7. The van der Waals surface area contributed by atoms with E-state index in [1.54, 1.807) is 12.2 Å². The number of Topliss-reactive ketones (excluding diaryl/α,β-unsaturated/α-hetero) is 4. The molecule has 0 saturated heterocycles. The lowest BCUT2D eigenvalue weighted by molar-refractivity contribution is 0.0975. The summed E-state index contributed by atoms with van der Waals surface area (Å²) in [5.74, 6) is -1.88. The second-order valence-electron chi connectivity index (χ2n) is 13.5. The molecule has 0 unspecified atom stereocenters. The highest BCUT2D eigenvalue weighted by Crippen LogP contribution is 2.66. The third kappa shape index (κ3) is 3.86. The normalized spacial score (nSPS) is 17.0. The summed E-state index contributed by atoms with van der Waals surface area (Å²) in [6.07, 6.45) is 3.22. The van der Waals surface area contributed by atoms with Gasteiger partial charge in [-0.2, -0.15) is 21.0 Å². The topological polar surface area (TPSA) is 163 Å². The summed E-state index contributed by atoms with van der Waals surface area (Å²) in [4.78, 5) is 57.0. The first-order valence-corrected chi connectivity index (χ1v) is 17.0. The number of carbonyl (C=O) groups is 4. The SMILES string of the molecule is CC1(C)C2=C(c3sc(C=C4C(=O)c5cc(C#N)c(C#N)cc5C4=O)cc31)C(C)(C)c1cc(C=C3C(=O)c4cc(C#N)c(C#N)cc4C3=O)sc12. The van der Waals surface area contributed by atoms with Crippen LogP contribution in [0.15, 0.2) is 47.5 Å². The largest absolute Gasteiger partial charge is 0.288 e. The molecule has 236 valence electrons. The van der Waals surface area contributed by atoms with Gasteiger partial charge in [-0.25, -0.2) is 0 Å². The quantitative estimate of drug-likeness (QED) is 0.153. The minimum absolute atomic E-state index is 0.000709. The van der Waals surface area contributed by atoms with Gasteiger partial charge in [0.2, 0.25) is 0 Å². The predicted octanol–water partition coefficient (Wildman–Crippen LogP) is 7.71. The molecule has 0 saturated carbocycles. The Morgan fingerprint density at radius 1 is 0.500 bits per heavy atom. The molecular weight excluding hydrogens is 665 g/mol. The summed E-state index contributed by atoms with van der Waals surface area (Å²) in [5, 5.41) is 37.7. The summed E-state index contributed by atoms with van der Waals surface area (Å²) in [7, 11) is 0. The number of fused-ring (bicyclic) bond motifs is 6. The summed E-state index contributed by atoms with van der Waals surface area (Å²) >= 11 is 3.01. The van der Waals surface area contributed by atoms with Crippen LogP contribution >= 0.6 is 22.7 Å². The minimum Gasteiger partial charge on any atom is -0.288 e. The van der Waals surface area contributed by atoms with Gasteiger partial charge in [-0.1, -0.05) is 27.7 Å². The van der Waals surface area contributed by atoms with Crippen molar-refractivity contribution in [1.29, 1.82) is 21.0 Å². The van der Waals surface area contributed by atoms with Gasteiger partial charge in [0.25, 0.3) is 0 Å². The second kappa shape index (κ2) is 10.1. The molecule has 10 heteroatoms. The fraction of sp³-hybridized carbons (Fsp3) is 0.150. The van der Waals surface area contributed by atoms with E-state index in [0.29, 0.717) is 0 Å². The van der Waals surface area contributed by atoms with Crippen molar-refractivity contribution in [3.63, 3.8) is 0 Å². The van der Waals surface area contributed by atoms with E-state index >= 15 is 0 Å². The van der Waals surface area contributed by atoms with E-state index < -0.39 is 34.0 Å². The Hall–Kier alpha value is -6.30. The highest BCUT2D eigenvalue weighted by molar-refractivity contribution is 7.16. The maximum atomic E-state index is 13.3. The maximum Gasteiger partial charge on any atom is 0.197 e. The van der Waals surface area contributed by atoms with Crippen LogP contribution in [-0.4, -0.2) is 23.1 Å². The fourth-order valence-corrected chi connectivity index (χ4v) is 10.6. The Bertz CT molecular complexity index is 2420. The van der Waals surface area contributed by atoms with Crippen LogP contribution in [0.25, 0.3) is 23.3 Å². The summed E-state index contributed by atoms with van der Waals surface area (Å²) in [6.45, 7) is 8.54. The van der Waals surface area contributed by atoms with Gasteiger partial charge in [-0.3, -0.25) is 19.2 Å². The number of carbonyl (C=O) groups excluding carboxylic acids is 4. The molecule has 8 nitrogen and oxygen atoms in total. The number of rotatable bonds is 2. The molecular formula is C40H20N4O4S2.